The van der Waals surface area contributed by atoms with E-state index in [-0.39, 0.29) is 0 Å². The lowest BCUT2D eigenvalue weighted by molar-refractivity contribution is 0.285. The highest BCUT2D eigenvalue weighted by molar-refractivity contribution is 7.80. The Bertz CT molecular complexity index is 677. The molecule has 0 aromatic heterocycles. The van der Waals surface area contributed by atoms with Crippen LogP contribution in [0.5, 0.6) is 5.75 Å². The number of benzene rings is 2. The Labute approximate surface area is 152 Å². The minimum Gasteiger partial charge on any atom is -0.492 e. The van der Waals surface area contributed by atoms with Crippen LogP contribution in [-0.4, -0.2) is 30.2 Å². The van der Waals surface area contributed by atoms with Gasteiger partial charge in [0, 0.05) is 22.8 Å². The number of rotatable bonds is 5. The van der Waals surface area contributed by atoms with E-state index in [0.29, 0.717) is 28.3 Å². The number of nitrogens with one attached hydrogen (secondary N) is 1. The highest BCUT2D eigenvalue weighted by Gasteiger charge is 2.08. The van der Waals surface area contributed by atoms with Gasteiger partial charge in [0.25, 0.3) is 0 Å². The summed E-state index contributed by atoms with van der Waals surface area (Å²) in [6.45, 7) is 3.14. The Morgan fingerprint density at radius 3 is 2.57 bits per heavy atom. The van der Waals surface area contributed by atoms with Crippen molar-refractivity contribution in [2.75, 3.05) is 25.5 Å². The Kier molecular flexibility index (Phi) is 6.51. The molecule has 0 aliphatic rings. The zero-order chi connectivity index (χ0) is 16.8. The molecule has 0 atom stereocenters. The fourth-order valence-electron chi connectivity index (χ4n) is 1.89. The number of thiocarbonyl (C=S) groups is 1. The van der Waals surface area contributed by atoms with E-state index >= 15 is 0 Å². The molecular formula is C17H18Cl2N2OS. The maximum Gasteiger partial charge on any atom is 0.173 e. The van der Waals surface area contributed by atoms with Crippen molar-refractivity contribution in [3.05, 3.63) is 58.1 Å². The first-order valence-corrected chi connectivity index (χ1v) is 8.29. The number of hydrogen-bond acceptors (Lipinski definition) is 2. The molecule has 3 nitrogen and oxygen atoms in total. The number of nitrogens with zero attached hydrogens (tertiary/aromatic N) is 1. The molecule has 0 saturated heterocycles. The lowest BCUT2D eigenvalue weighted by atomic mass is 10.2. The fraction of sp³-hybridized carbons (Fsp3) is 0.235. The second kappa shape index (κ2) is 8.39. The first-order chi connectivity index (χ1) is 11.0. The maximum absolute atomic E-state index is 6.11. The van der Waals surface area contributed by atoms with Crippen LogP contribution in [0.15, 0.2) is 42.5 Å². The van der Waals surface area contributed by atoms with Crippen LogP contribution >= 0.6 is 35.4 Å². The summed E-state index contributed by atoms with van der Waals surface area (Å²) >= 11 is 17.4. The molecule has 122 valence electrons. The van der Waals surface area contributed by atoms with E-state index < -0.39 is 0 Å². The van der Waals surface area contributed by atoms with Gasteiger partial charge in [-0.15, -0.1) is 0 Å². The molecule has 0 aliphatic heterocycles. The first kappa shape index (κ1) is 17.9. The summed E-state index contributed by atoms with van der Waals surface area (Å²) in [6.07, 6.45) is 0. The van der Waals surface area contributed by atoms with Gasteiger partial charge in [0.05, 0.1) is 6.54 Å². The Hall–Kier alpha value is -1.49. The first-order valence-electron chi connectivity index (χ1n) is 7.13. The van der Waals surface area contributed by atoms with Crippen LogP contribution in [0.4, 0.5) is 5.69 Å². The van der Waals surface area contributed by atoms with Crippen molar-refractivity contribution in [1.29, 1.82) is 0 Å². The zero-order valence-corrected chi connectivity index (χ0v) is 15.3. The predicted octanol–water partition coefficient (Wildman–Crippen LogP) is 5.01. The molecule has 2 aromatic rings. The standard InChI is InChI=1S/C17H18Cl2N2OS/c1-12-15(19)4-3-5-16(12)20-17(23)21(2)10-11-22-14-8-6-13(18)7-9-14/h3-9H,10-11H2,1-2H3,(H,20,23). The minimum atomic E-state index is 0.522. The van der Waals surface area contributed by atoms with E-state index in [1.807, 2.05) is 49.2 Å². The summed E-state index contributed by atoms with van der Waals surface area (Å²) in [5.74, 6) is 0.785. The zero-order valence-electron chi connectivity index (χ0n) is 13.0. The van der Waals surface area contributed by atoms with E-state index in [4.69, 9.17) is 40.2 Å². The third-order valence-corrected chi connectivity index (χ3v) is 4.44. The average molecular weight is 369 g/mol. The third kappa shape index (κ3) is 5.27. The quantitative estimate of drug-likeness (QED) is 0.749. The molecule has 0 fully saturated rings. The van der Waals surface area contributed by atoms with E-state index in [2.05, 4.69) is 5.32 Å². The SMILES string of the molecule is Cc1c(Cl)cccc1NC(=S)N(C)CCOc1ccc(Cl)cc1. The largest absolute Gasteiger partial charge is 0.492 e. The minimum absolute atomic E-state index is 0.522. The Morgan fingerprint density at radius 1 is 1.17 bits per heavy atom. The van der Waals surface area contributed by atoms with Crippen molar-refractivity contribution in [2.24, 2.45) is 0 Å². The van der Waals surface area contributed by atoms with Gasteiger partial charge in [-0.25, -0.2) is 0 Å². The van der Waals surface area contributed by atoms with E-state index in [0.717, 1.165) is 17.0 Å². The van der Waals surface area contributed by atoms with Crippen LogP contribution in [0, 0.1) is 6.92 Å². The van der Waals surface area contributed by atoms with Gasteiger partial charge < -0.3 is 15.0 Å². The summed E-state index contributed by atoms with van der Waals surface area (Å²) in [7, 11) is 1.92. The lowest BCUT2D eigenvalue weighted by Crippen LogP contribution is -2.34. The fourth-order valence-corrected chi connectivity index (χ4v) is 2.39. The smallest absolute Gasteiger partial charge is 0.173 e. The lowest BCUT2D eigenvalue weighted by Gasteiger charge is -2.22. The number of halogens is 2. The Balaban J connectivity index is 1.83. The van der Waals surface area contributed by atoms with Crippen molar-refractivity contribution in [3.8, 4) is 5.75 Å². The van der Waals surface area contributed by atoms with Crippen LogP contribution in [0.1, 0.15) is 5.56 Å². The van der Waals surface area contributed by atoms with Gasteiger partial charge in [-0.3, -0.25) is 0 Å². The summed E-state index contributed by atoms with van der Waals surface area (Å²) in [5, 5.41) is 5.23. The van der Waals surface area contributed by atoms with Crippen LogP contribution < -0.4 is 10.1 Å². The second-order valence-corrected chi connectivity index (χ2v) is 6.30. The molecule has 0 bridgehead atoms. The van der Waals surface area contributed by atoms with Gasteiger partial charge in [0.15, 0.2) is 5.11 Å². The van der Waals surface area contributed by atoms with Gasteiger partial charge >= 0.3 is 0 Å². The van der Waals surface area contributed by atoms with Crippen LogP contribution in [0.3, 0.4) is 0 Å². The number of ether oxygens (including phenoxy) is 1. The average Bonchev–Trinajstić information content (AvgIpc) is 2.53. The summed E-state index contributed by atoms with van der Waals surface area (Å²) in [6, 6.07) is 13.0. The van der Waals surface area contributed by atoms with Crippen molar-refractivity contribution >= 4 is 46.2 Å². The van der Waals surface area contributed by atoms with Crippen molar-refractivity contribution in [1.82, 2.24) is 4.90 Å². The molecule has 0 saturated carbocycles. The van der Waals surface area contributed by atoms with Crippen molar-refractivity contribution in [2.45, 2.75) is 6.92 Å². The monoisotopic (exact) mass is 368 g/mol. The molecule has 23 heavy (non-hydrogen) atoms. The van der Waals surface area contributed by atoms with Crippen LogP contribution in [0.2, 0.25) is 10.0 Å². The summed E-state index contributed by atoms with van der Waals surface area (Å²) in [5.41, 5.74) is 1.88. The molecular weight excluding hydrogens is 351 g/mol. The molecule has 0 aliphatic carbocycles. The summed E-state index contributed by atoms with van der Waals surface area (Å²) in [4.78, 5) is 1.92. The number of hydrogen-bond donors (Lipinski definition) is 1. The normalized spacial score (nSPS) is 10.3. The van der Waals surface area contributed by atoms with Gasteiger partial charge in [0.2, 0.25) is 0 Å². The third-order valence-electron chi connectivity index (χ3n) is 3.37. The highest BCUT2D eigenvalue weighted by Crippen LogP contribution is 2.23. The van der Waals surface area contributed by atoms with Crippen molar-refractivity contribution < 1.29 is 4.74 Å². The second-order valence-electron chi connectivity index (χ2n) is 5.07. The van der Waals surface area contributed by atoms with Gasteiger partial charge in [-0.05, 0) is 61.1 Å². The maximum atomic E-state index is 6.11. The topological polar surface area (TPSA) is 24.5 Å². The highest BCUT2D eigenvalue weighted by atomic mass is 35.5. The van der Waals surface area contributed by atoms with E-state index in [1.54, 1.807) is 12.1 Å². The Morgan fingerprint density at radius 2 is 1.87 bits per heavy atom. The molecule has 6 heteroatoms. The van der Waals surface area contributed by atoms with Crippen LogP contribution in [0.25, 0.3) is 0 Å². The van der Waals surface area contributed by atoms with Crippen LogP contribution in [-0.2, 0) is 0 Å². The van der Waals surface area contributed by atoms with E-state index in [9.17, 15) is 0 Å². The molecule has 0 spiro atoms. The summed E-state index contributed by atoms with van der Waals surface area (Å²) < 4.78 is 5.67. The number of likely N-dealkylation sites (N-methyl/N-ethyl adjacent to an activating group) is 1. The molecule has 0 heterocycles. The van der Waals surface area contributed by atoms with E-state index in [1.165, 1.54) is 0 Å². The molecule has 0 unspecified atom stereocenters. The predicted molar refractivity (Wildman–Crippen MR) is 102 cm³/mol. The molecule has 0 radical (unpaired) electrons. The molecule has 1 N–H and O–H groups in total. The molecule has 2 aromatic carbocycles. The van der Waals surface area contributed by atoms with Gasteiger partial charge in [-0.1, -0.05) is 29.3 Å². The number of anilines is 1. The molecule has 2 rings (SSSR count). The van der Waals surface area contributed by atoms with Gasteiger partial charge in [0.1, 0.15) is 12.4 Å². The van der Waals surface area contributed by atoms with Crippen molar-refractivity contribution in [3.63, 3.8) is 0 Å². The van der Waals surface area contributed by atoms with Gasteiger partial charge in [-0.2, -0.15) is 0 Å². The molecule has 0 amide bonds.